The Morgan fingerprint density at radius 2 is 1.61 bits per heavy atom. The van der Waals surface area contributed by atoms with E-state index in [1.807, 2.05) is 50.2 Å². The highest BCUT2D eigenvalue weighted by Crippen LogP contribution is 2.31. The number of hydrogen-bond donors (Lipinski definition) is 1. The molecule has 0 saturated carbocycles. The fourth-order valence-corrected chi connectivity index (χ4v) is 2.71. The summed E-state index contributed by atoms with van der Waals surface area (Å²) in [5, 5.41) is 0.740. The molecule has 2 aromatic rings. The molecule has 2 rings (SSSR count). The lowest BCUT2D eigenvalue weighted by atomic mass is 9.92. The summed E-state index contributed by atoms with van der Waals surface area (Å²) in [6, 6.07) is 14.0. The standard InChI is InChI=1S/C19H24ClNO2/c1-3-22-18-10-5-14(12-19(18)23-4-2)11-16(13-21)15-6-8-17(20)9-7-15/h5-10,12,16H,3-4,11,13,21H2,1-2H3. The van der Waals surface area contributed by atoms with Crippen LogP contribution in [0, 0.1) is 0 Å². The fraction of sp³-hybridized carbons (Fsp3) is 0.368. The molecule has 2 aromatic carbocycles. The Morgan fingerprint density at radius 1 is 0.957 bits per heavy atom. The molecule has 124 valence electrons. The minimum atomic E-state index is 0.250. The summed E-state index contributed by atoms with van der Waals surface area (Å²) in [6.45, 7) is 5.75. The van der Waals surface area contributed by atoms with Crippen LogP contribution in [0.4, 0.5) is 0 Å². The minimum Gasteiger partial charge on any atom is -0.490 e. The maximum atomic E-state index is 5.98. The molecule has 1 atom stereocenters. The van der Waals surface area contributed by atoms with Crippen molar-refractivity contribution in [2.45, 2.75) is 26.2 Å². The van der Waals surface area contributed by atoms with Gasteiger partial charge in [-0.1, -0.05) is 29.8 Å². The van der Waals surface area contributed by atoms with Gasteiger partial charge in [-0.3, -0.25) is 0 Å². The van der Waals surface area contributed by atoms with Crippen LogP contribution >= 0.6 is 11.6 Å². The average molecular weight is 334 g/mol. The molecule has 0 heterocycles. The molecular weight excluding hydrogens is 310 g/mol. The monoisotopic (exact) mass is 333 g/mol. The molecule has 2 N–H and O–H groups in total. The quantitative estimate of drug-likeness (QED) is 0.777. The number of ether oxygens (including phenoxy) is 2. The lowest BCUT2D eigenvalue weighted by Gasteiger charge is -2.17. The summed E-state index contributed by atoms with van der Waals surface area (Å²) in [5.74, 6) is 1.83. The molecular formula is C19H24ClNO2. The van der Waals surface area contributed by atoms with E-state index in [-0.39, 0.29) is 5.92 Å². The van der Waals surface area contributed by atoms with E-state index in [1.54, 1.807) is 0 Å². The molecule has 0 amide bonds. The third kappa shape index (κ3) is 4.88. The van der Waals surface area contributed by atoms with Crippen LogP contribution in [0.2, 0.25) is 5.02 Å². The predicted octanol–water partition coefficient (Wildman–Crippen LogP) is 4.42. The predicted molar refractivity (Wildman–Crippen MR) is 95.7 cm³/mol. The van der Waals surface area contributed by atoms with Gasteiger partial charge in [0.05, 0.1) is 13.2 Å². The molecule has 3 nitrogen and oxygen atoms in total. The van der Waals surface area contributed by atoms with E-state index in [0.29, 0.717) is 19.8 Å². The smallest absolute Gasteiger partial charge is 0.161 e. The summed E-state index contributed by atoms with van der Waals surface area (Å²) in [7, 11) is 0. The first kappa shape index (κ1) is 17.6. The summed E-state index contributed by atoms with van der Waals surface area (Å²) >= 11 is 5.96. The summed E-state index contributed by atoms with van der Waals surface area (Å²) in [6.07, 6.45) is 0.852. The average Bonchev–Trinajstić information content (AvgIpc) is 2.56. The Hall–Kier alpha value is -1.71. The van der Waals surface area contributed by atoms with E-state index in [0.717, 1.165) is 22.9 Å². The first-order valence-electron chi connectivity index (χ1n) is 8.02. The van der Waals surface area contributed by atoms with Crippen molar-refractivity contribution in [3.05, 3.63) is 58.6 Å². The normalized spacial score (nSPS) is 12.0. The third-order valence-corrected chi connectivity index (χ3v) is 3.97. The van der Waals surface area contributed by atoms with E-state index >= 15 is 0 Å². The maximum Gasteiger partial charge on any atom is 0.161 e. The number of rotatable bonds is 8. The Bertz CT molecular complexity index is 613. The van der Waals surface area contributed by atoms with Gasteiger partial charge in [0.15, 0.2) is 11.5 Å². The maximum absolute atomic E-state index is 5.98. The van der Waals surface area contributed by atoms with Crippen molar-refractivity contribution in [1.29, 1.82) is 0 Å². The van der Waals surface area contributed by atoms with E-state index in [1.165, 1.54) is 11.1 Å². The number of benzene rings is 2. The van der Waals surface area contributed by atoms with Crippen molar-refractivity contribution in [3.63, 3.8) is 0 Å². The molecule has 0 aliphatic rings. The highest BCUT2D eigenvalue weighted by Gasteiger charge is 2.13. The summed E-state index contributed by atoms with van der Waals surface area (Å²) in [5.41, 5.74) is 8.36. The fourth-order valence-electron chi connectivity index (χ4n) is 2.58. The zero-order valence-electron chi connectivity index (χ0n) is 13.7. The second-order valence-corrected chi connectivity index (χ2v) is 5.77. The van der Waals surface area contributed by atoms with Crippen molar-refractivity contribution in [3.8, 4) is 11.5 Å². The van der Waals surface area contributed by atoms with Crippen molar-refractivity contribution in [1.82, 2.24) is 0 Å². The SMILES string of the molecule is CCOc1ccc(CC(CN)c2ccc(Cl)cc2)cc1OCC. The zero-order chi connectivity index (χ0) is 16.7. The van der Waals surface area contributed by atoms with Crippen LogP contribution in [-0.2, 0) is 6.42 Å². The molecule has 0 aliphatic carbocycles. The van der Waals surface area contributed by atoms with Crippen LogP contribution in [0.25, 0.3) is 0 Å². The molecule has 23 heavy (non-hydrogen) atoms. The highest BCUT2D eigenvalue weighted by atomic mass is 35.5. The summed E-state index contributed by atoms with van der Waals surface area (Å²) in [4.78, 5) is 0. The van der Waals surface area contributed by atoms with E-state index in [9.17, 15) is 0 Å². The zero-order valence-corrected chi connectivity index (χ0v) is 14.5. The van der Waals surface area contributed by atoms with Crippen LogP contribution in [0.5, 0.6) is 11.5 Å². The molecule has 4 heteroatoms. The molecule has 1 unspecified atom stereocenters. The molecule has 0 aliphatic heterocycles. The van der Waals surface area contributed by atoms with Crippen LogP contribution in [-0.4, -0.2) is 19.8 Å². The van der Waals surface area contributed by atoms with Gasteiger partial charge in [0.25, 0.3) is 0 Å². The number of hydrogen-bond acceptors (Lipinski definition) is 3. The van der Waals surface area contributed by atoms with Gasteiger partial charge < -0.3 is 15.2 Å². The van der Waals surface area contributed by atoms with Gasteiger partial charge in [0.2, 0.25) is 0 Å². The van der Waals surface area contributed by atoms with Gasteiger partial charge in [-0.05, 0) is 62.2 Å². The number of halogens is 1. The van der Waals surface area contributed by atoms with Gasteiger partial charge in [-0.2, -0.15) is 0 Å². The second-order valence-electron chi connectivity index (χ2n) is 5.34. The lowest BCUT2D eigenvalue weighted by molar-refractivity contribution is 0.287. The molecule has 0 saturated heterocycles. The topological polar surface area (TPSA) is 44.5 Å². The number of nitrogens with two attached hydrogens (primary N) is 1. The Morgan fingerprint density at radius 3 is 2.22 bits per heavy atom. The van der Waals surface area contributed by atoms with Crippen LogP contribution in [0.3, 0.4) is 0 Å². The van der Waals surface area contributed by atoms with Crippen molar-refractivity contribution in [2.75, 3.05) is 19.8 Å². The molecule has 0 fully saturated rings. The Balaban J connectivity index is 2.19. The van der Waals surface area contributed by atoms with Gasteiger partial charge in [-0.25, -0.2) is 0 Å². The third-order valence-electron chi connectivity index (χ3n) is 3.72. The van der Waals surface area contributed by atoms with Crippen LogP contribution in [0.15, 0.2) is 42.5 Å². The Kier molecular flexibility index (Phi) is 6.75. The highest BCUT2D eigenvalue weighted by molar-refractivity contribution is 6.30. The largest absolute Gasteiger partial charge is 0.490 e. The van der Waals surface area contributed by atoms with Crippen molar-refractivity contribution >= 4 is 11.6 Å². The molecule has 0 bridgehead atoms. The van der Waals surface area contributed by atoms with Gasteiger partial charge in [-0.15, -0.1) is 0 Å². The lowest BCUT2D eigenvalue weighted by Crippen LogP contribution is -2.15. The van der Waals surface area contributed by atoms with E-state index in [2.05, 4.69) is 6.07 Å². The van der Waals surface area contributed by atoms with Crippen LogP contribution in [0.1, 0.15) is 30.9 Å². The van der Waals surface area contributed by atoms with E-state index < -0.39 is 0 Å². The minimum absolute atomic E-state index is 0.250. The van der Waals surface area contributed by atoms with E-state index in [4.69, 9.17) is 26.8 Å². The van der Waals surface area contributed by atoms with Crippen LogP contribution < -0.4 is 15.2 Å². The Labute approximate surface area is 143 Å². The van der Waals surface area contributed by atoms with Crippen molar-refractivity contribution in [2.24, 2.45) is 5.73 Å². The first-order valence-corrected chi connectivity index (χ1v) is 8.39. The first-order chi connectivity index (χ1) is 11.2. The molecule has 0 spiro atoms. The summed E-state index contributed by atoms with van der Waals surface area (Å²) < 4.78 is 11.3. The van der Waals surface area contributed by atoms with Gasteiger partial charge in [0.1, 0.15) is 0 Å². The molecule has 0 radical (unpaired) electrons. The van der Waals surface area contributed by atoms with Crippen molar-refractivity contribution < 1.29 is 9.47 Å². The molecule has 0 aromatic heterocycles. The van der Waals surface area contributed by atoms with Gasteiger partial charge >= 0.3 is 0 Å². The van der Waals surface area contributed by atoms with Gasteiger partial charge in [0, 0.05) is 10.9 Å². The second kappa shape index (κ2) is 8.80.